The third-order valence-corrected chi connectivity index (χ3v) is 4.01. The van der Waals surface area contributed by atoms with Gasteiger partial charge in [0.2, 0.25) is 0 Å². The van der Waals surface area contributed by atoms with Crippen molar-refractivity contribution in [2.24, 2.45) is 5.92 Å². The highest BCUT2D eigenvalue weighted by Gasteiger charge is 2.26. The van der Waals surface area contributed by atoms with Gasteiger partial charge >= 0.3 is 5.97 Å². The van der Waals surface area contributed by atoms with Gasteiger partial charge in [0, 0.05) is 13.1 Å². The van der Waals surface area contributed by atoms with Crippen LogP contribution in [-0.2, 0) is 9.53 Å². The molecule has 0 radical (unpaired) electrons. The SMILES string of the molecule is CCOC(=O)[C@@H]1CCCN(CCCOc2ccccc2C#N)C1. The van der Waals surface area contributed by atoms with E-state index < -0.39 is 0 Å². The topological polar surface area (TPSA) is 62.6 Å². The summed E-state index contributed by atoms with van der Waals surface area (Å²) >= 11 is 0. The number of carbonyl (C=O) groups is 1. The van der Waals surface area contributed by atoms with Crippen LogP contribution in [-0.4, -0.2) is 43.7 Å². The molecule has 1 saturated heterocycles. The van der Waals surface area contributed by atoms with Crippen molar-refractivity contribution in [3.63, 3.8) is 0 Å². The molecule has 0 aliphatic carbocycles. The van der Waals surface area contributed by atoms with Crippen LogP contribution in [0.4, 0.5) is 0 Å². The molecule has 0 aromatic heterocycles. The van der Waals surface area contributed by atoms with Crippen LogP contribution < -0.4 is 4.74 Å². The van der Waals surface area contributed by atoms with E-state index in [1.807, 2.05) is 25.1 Å². The average Bonchev–Trinajstić information content (AvgIpc) is 2.59. The molecule has 1 aromatic rings. The monoisotopic (exact) mass is 316 g/mol. The molecular weight excluding hydrogens is 292 g/mol. The first-order chi connectivity index (χ1) is 11.2. The van der Waals surface area contributed by atoms with E-state index in [0.29, 0.717) is 24.5 Å². The summed E-state index contributed by atoms with van der Waals surface area (Å²) in [5.41, 5.74) is 0.563. The van der Waals surface area contributed by atoms with E-state index in [1.165, 1.54) is 0 Å². The zero-order chi connectivity index (χ0) is 16.5. The number of ether oxygens (including phenoxy) is 2. The summed E-state index contributed by atoms with van der Waals surface area (Å²) in [7, 11) is 0. The fourth-order valence-corrected chi connectivity index (χ4v) is 2.87. The molecule has 1 aliphatic heterocycles. The maximum Gasteiger partial charge on any atom is 0.310 e. The highest BCUT2D eigenvalue weighted by atomic mass is 16.5. The summed E-state index contributed by atoms with van der Waals surface area (Å²) in [4.78, 5) is 14.1. The number of hydrogen-bond acceptors (Lipinski definition) is 5. The number of piperidine rings is 1. The molecule has 0 spiro atoms. The zero-order valence-electron chi connectivity index (χ0n) is 13.7. The van der Waals surface area contributed by atoms with Crippen LogP contribution in [0.2, 0.25) is 0 Å². The Bertz CT molecular complexity index is 553. The van der Waals surface area contributed by atoms with Crippen LogP contribution in [0, 0.1) is 17.2 Å². The molecule has 0 bridgehead atoms. The van der Waals surface area contributed by atoms with E-state index in [0.717, 1.165) is 38.9 Å². The Morgan fingerprint density at radius 2 is 2.26 bits per heavy atom. The number of esters is 1. The quantitative estimate of drug-likeness (QED) is 0.571. The largest absolute Gasteiger partial charge is 0.492 e. The maximum absolute atomic E-state index is 11.8. The van der Waals surface area contributed by atoms with Gasteiger partial charge in [-0.05, 0) is 44.9 Å². The molecule has 1 heterocycles. The fourth-order valence-electron chi connectivity index (χ4n) is 2.87. The van der Waals surface area contributed by atoms with Gasteiger partial charge in [-0.1, -0.05) is 12.1 Å². The Hall–Kier alpha value is -2.06. The minimum absolute atomic E-state index is 0.00364. The first kappa shape index (κ1) is 17.3. The Balaban J connectivity index is 1.72. The summed E-state index contributed by atoms with van der Waals surface area (Å²) in [5.74, 6) is 0.568. The second kappa shape index (κ2) is 9.16. The molecule has 23 heavy (non-hydrogen) atoms. The van der Waals surface area contributed by atoms with Crippen LogP contribution in [0.3, 0.4) is 0 Å². The molecule has 5 heteroatoms. The van der Waals surface area contributed by atoms with Gasteiger partial charge in [-0.25, -0.2) is 0 Å². The molecule has 1 atom stereocenters. The number of nitrogens with zero attached hydrogens (tertiary/aromatic N) is 2. The van der Waals surface area contributed by atoms with Crippen molar-refractivity contribution in [2.75, 3.05) is 32.8 Å². The summed E-state index contributed by atoms with van der Waals surface area (Å²) in [5, 5.41) is 9.02. The summed E-state index contributed by atoms with van der Waals surface area (Å²) in [6.07, 6.45) is 2.82. The zero-order valence-corrected chi connectivity index (χ0v) is 13.7. The Labute approximate surface area is 137 Å². The van der Waals surface area contributed by atoms with E-state index in [9.17, 15) is 4.79 Å². The number of benzene rings is 1. The lowest BCUT2D eigenvalue weighted by Crippen LogP contribution is -2.40. The minimum Gasteiger partial charge on any atom is -0.492 e. The first-order valence-corrected chi connectivity index (χ1v) is 8.25. The van der Waals surface area contributed by atoms with Crippen LogP contribution >= 0.6 is 0 Å². The molecular formula is C18H24N2O3. The fraction of sp³-hybridized carbons (Fsp3) is 0.556. The van der Waals surface area contributed by atoms with Gasteiger partial charge in [-0.3, -0.25) is 4.79 Å². The Morgan fingerprint density at radius 1 is 1.43 bits per heavy atom. The van der Waals surface area contributed by atoms with Gasteiger partial charge in [0.15, 0.2) is 0 Å². The Morgan fingerprint density at radius 3 is 3.04 bits per heavy atom. The number of likely N-dealkylation sites (tertiary alicyclic amines) is 1. The standard InChI is InChI=1S/C18H24N2O3/c1-2-22-18(21)16-8-5-10-20(14-16)11-6-12-23-17-9-4-3-7-15(17)13-19/h3-4,7,9,16H,2,5-6,8,10-12,14H2,1H3/t16-/m1/s1. The highest BCUT2D eigenvalue weighted by Crippen LogP contribution is 2.19. The second-order valence-corrected chi connectivity index (χ2v) is 5.70. The maximum atomic E-state index is 11.8. The number of rotatable bonds is 7. The molecule has 5 nitrogen and oxygen atoms in total. The van der Waals surface area contributed by atoms with Gasteiger partial charge in [0.25, 0.3) is 0 Å². The van der Waals surface area contributed by atoms with Crippen molar-refractivity contribution < 1.29 is 14.3 Å². The Kier molecular flexibility index (Phi) is 6.89. The van der Waals surface area contributed by atoms with Crippen LogP contribution in [0.5, 0.6) is 5.75 Å². The van der Waals surface area contributed by atoms with Crippen LogP contribution in [0.25, 0.3) is 0 Å². The third-order valence-electron chi connectivity index (χ3n) is 4.01. The van der Waals surface area contributed by atoms with E-state index >= 15 is 0 Å². The van der Waals surface area contributed by atoms with Crippen molar-refractivity contribution in [3.05, 3.63) is 29.8 Å². The van der Waals surface area contributed by atoms with Gasteiger partial charge in [-0.15, -0.1) is 0 Å². The molecule has 1 fully saturated rings. The molecule has 0 saturated carbocycles. The van der Waals surface area contributed by atoms with Crippen molar-refractivity contribution in [3.8, 4) is 11.8 Å². The van der Waals surface area contributed by atoms with E-state index in [4.69, 9.17) is 14.7 Å². The predicted octanol–water partition coefficient (Wildman–Crippen LogP) is 2.60. The van der Waals surface area contributed by atoms with Gasteiger partial charge in [0.05, 0.1) is 24.7 Å². The normalized spacial score (nSPS) is 18.2. The summed E-state index contributed by atoms with van der Waals surface area (Å²) in [6, 6.07) is 9.39. The van der Waals surface area contributed by atoms with E-state index in [1.54, 1.807) is 6.07 Å². The highest BCUT2D eigenvalue weighted by molar-refractivity contribution is 5.72. The number of hydrogen-bond donors (Lipinski definition) is 0. The molecule has 124 valence electrons. The summed E-state index contributed by atoms with van der Waals surface area (Å²) in [6.45, 7) is 5.54. The van der Waals surface area contributed by atoms with Crippen molar-refractivity contribution in [1.82, 2.24) is 4.90 Å². The molecule has 0 amide bonds. The van der Waals surface area contributed by atoms with E-state index in [-0.39, 0.29) is 11.9 Å². The smallest absolute Gasteiger partial charge is 0.310 e. The lowest BCUT2D eigenvalue weighted by atomic mass is 9.98. The lowest BCUT2D eigenvalue weighted by molar-refractivity contribution is -0.149. The molecule has 1 aromatic carbocycles. The van der Waals surface area contributed by atoms with Crippen molar-refractivity contribution in [1.29, 1.82) is 5.26 Å². The van der Waals surface area contributed by atoms with Gasteiger partial charge in [0.1, 0.15) is 11.8 Å². The molecule has 0 N–H and O–H groups in total. The number of carbonyl (C=O) groups excluding carboxylic acids is 1. The van der Waals surface area contributed by atoms with E-state index in [2.05, 4.69) is 11.0 Å². The molecule has 1 aliphatic rings. The predicted molar refractivity (Wildman–Crippen MR) is 87.1 cm³/mol. The van der Waals surface area contributed by atoms with Crippen molar-refractivity contribution in [2.45, 2.75) is 26.2 Å². The third kappa shape index (κ3) is 5.26. The lowest BCUT2D eigenvalue weighted by Gasteiger charge is -2.31. The molecule has 2 rings (SSSR count). The first-order valence-electron chi connectivity index (χ1n) is 8.25. The number of para-hydroxylation sites is 1. The second-order valence-electron chi connectivity index (χ2n) is 5.70. The minimum atomic E-state index is -0.0728. The van der Waals surface area contributed by atoms with Crippen LogP contribution in [0.15, 0.2) is 24.3 Å². The average molecular weight is 316 g/mol. The van der Waals surface area contributed by atoms with Gasteiger partial charge < -0.3 is 14.4 Å². The summed E-state index contributed by atoms with van der Waals surface area (Å²) < 4.78 is 10.8. The number of nitriles is 1. The molecule has 0 unspecified atom stereocenters. The van der Waals surface area contributed by atoms with Gasteiger partial charge in [-0.2, -0.15) is 5.26 Å². The van der Waals surface area contributed by atoms with Crippen LogP contribution in [0.1, 0.15) is 31.7 Å². The van der Waals surface area contributed by atoms with Crippen molar-refractivity contribution >= 4 is 5.97 Å².